The fraction of sp³-hybridized carbons (Fsp3) is 0.556. The van der Waals surface area contributed by atoms with E-state index in [1.54, 1.807) is 0 Å². The summed E-state index contributed by atoms with van der Waals surface area (Å²) in [5.41, 5.74) is -0.534. The lowest BCUT2D eigenvalue weighted by Crippen LogP contribution is -2.26. The number of carboxylic acids is 1. The monoisotopic (exact) mass is 315 g/mol. The van der Waals surface area contributed by atoms with Gasteiger partial charge < -0.3 is 5.11 Å². The number of nitrogens with zero attached hydrogens (tertiary/aromatic N) is 1. The molecule has 114 valence electrons. The van der Waals surface area contributed by atoms with Crippen LogP contribution in [-0.2, 0) is 10.0 Å². The number of H-pyrrole nitrogens is 1. The van der Waals surface area contributed by atoms with Crippen LogP contribution in [0.5, 0.6) is 0 Å². The summed E-state index contributed by atoms with van der Waals surface area (Å²) in [7, 11) is -4.14. The second-order valence-electron chi connectivity index (χ2n) is 3.89. The number of aromatic amines is 1. The summed E-state index contributed by atoms with van der Waals surface area (Å²) in [6.07, 6.45) is -4.69. The van der Waals surface area contributed by atoms with Crippen LogP contribution in [0.3, 0.4) is 0 Å². The molecule has 0 aromatic carbocycles. The highest BCUT2D eigenvalue weighted by Gasteiger charge is 2.27. The van der Waals surface area contributed by atoms with E-state index in [1.807, 2.05) is 9.82 Å². The number of aromatic carboxylic acids is 1. The Balaban J connectivity index is 2.54. The van der Waals surface area contributed by atoms with Crippen LogP contribution in [0.25, 0.3) is 0 Å². The molecule has 0 aliphatic heterocycles. The van der Waals surface area contributed by atoms with Crippen LogP contribution in [0.4, 0.5) is 13.2 Å². The Kier molecular flexibility index (Phi) is 5.11. The molecule has 0 amide bonds. The lowest BCUT2D eigenvalue weighted by molar-refractivity contribution is -0.135. The van der Waals surface area contributed by atoms with Crippen molar-refractivity contribution in [1.82, 2.24) is 14.9 Å². The second-order valence-corrected chi connectivity index (χ2v) is 5.59. The molecule has 0 spiro atoms. The van der Waals surface area contributed by atoms with Crippen molar-refractivity contribution < 1.29 is 31.5 Å². The van der Waals surface area contributed by atoms with Gasteiger partial charge in [0.25, 0.3) is 10.0 Å². The van der Waals surface area contributed by atoms with Crippen molar-refractivity contribution in [3.8, 4) is 0 Å². The highest BCUT2D eigenvalue weighted by Crippen LogP contribution is 2.22. The fourth-order valence-corrected chi connectivity index (χ4v) is 2.52. The number of carboxylic acid groups (broad SMARTS) is 1. The summed E-state index contributed by atoms with van der Waals surface area (Å²) in [5, 5.41) is 13.5. The molecule has 0 saturated heterocycles. The van der Waals surface area contributed by atoms with E-state index in [1.165, 1.54) is 0 Å². The summed E-state index contributed by atoms with van der Waals surface area (Å²) < 4.78 is 61.0. The molecule has 1 heterocycles. The van der Waals surface area contributed by atoms with Crippen molar-refractivity contribution in [3.05, 3.63) is 11.8 Å². The van der Waals surface area contributed by atoms with Crippen LogP contribution in [0, 0.1) is 0 Å². The highest BCUT2D eigenvalue weighted by atomic mass is 32.2. The minimum atomic E-state index is -4.28. The van der Waals surface area contributed by atoms with Crippen molar-refractivity contribution in [2.45, 2.75) is 30.5 Å². The summed E-state index contributed by atoms with van der Waals surface area (Å²) in [6.45, 7) is -0.226. The van der Waals surface area contributed by atoms with Gasteiger partial charge in [0.1, 0.15) is 5.56 Å². The highest BCUT2D eigenvalue weighted by molar-refractivity contribution is 7.89. The van der Waals surface area contributed by atoms with Crippen LogP contribution in [0.1, 0.15) is 29.6 Å². The maximum Gasteiger partial charge on any atom is 0.389 e. The van der Waals surface area contributed by atoms with Gasteiger partial charge in [0.05, 0.1) is 6.20 Å². The Morgan fingerprint density at radius 1 is 1.40 bits per heavy atom. The molecule has 0 aliphatic carbocycles. The number of hydrogen-bond acceptors (Lipinski definition) is 4. The van der Waals surface area contributed by atoms with Gasteiger partial charge in [-0.1, -0.05) is 0 Å². The molecule has 0 radical (unpaired) electrons. The van der Waals surface area contributed by atoms with Crippen LogP contribution >= 0.6 is 0 Å². The number of rotatable bonds is 7. The molecule has 0 saturated carbocycles. The molecule has 3 N–H and O–H groups in total. The molecule has 0 atom stereocenters. The Morgan fingerprint density at radius 2 is 2.05 bits per heavy atom. The van der Waals surface area contributed by atoms with Crippen LogP contribution < -0.4 is 4.72 Å². The van der Waals surface area contributed by atoms with Crippen molar-refractivity contribution in [3.63, 3.8) is 0 Å². The van der Waals surface area contributed by atoms with E-state index < -0.39 is 39.2 Å². The van der Waals surface area contributed by atoms with E-state index in [4.69, 9.17) is 5.11 Å². The van der Waals surface area contributed by atoms with Gasteiger partial charge in [-0.15, -0.1) is 0 Å². The minimum absolute atomic E-state index is 0.0186. The molecule has 20 heavy (non-hydrogen) atoms. The molecule has 11 heteroatoms. The first kappa shape index (κ1) is 16.4. The Bertz CT molecular complexity index is 567. The second kappa shape index (κ2) is 6.22. The Hall–Kier alpha value is -1.62. The zero-order valence-electron chi connectivity index (χ0n) is 10.1. The number of hydrogen-bond donors (Lipinski definition) is 3. The van der Waals surface area contributed by atoms with Gasteiger partial charge in [-0.05, 0) is 12.8 Å². The summed E-state index contributed by atoms with van der Waals surface area (Å²) in [4.78, 5) is 10.7. The zero-order chi connectivity index (χ0) is 15.4. The van der Waals surface area contributed by atoms with Gasteiger partial charge in [0.15, 0.2) is 5.03 Å². The van der Waals surface area contributed by atoms with Crippen LogP contribution in [-0.4, -0.2) is 42.4 Å². The lowest BCUT2D eigenvalue weighted by Gasteiger charge is -2.07. The van der Waals surface area contributed by atoms with Gasteiger partial charge in [-0.3, -0.25) is 5.10 Å². The van der Waals surface area contributed by atoms with Crippen molar-refractivity contribution >= 4 is 16.0 Å². The van der Waals surface area contributed by atoms with Gasteiger partial charge in [0, 0.05) is 13.0 Å². The first-order valence-electron chi connectivity index (χ1n) is 5.46. The van der Waals surface area contributed by atoms with E-state index in [-0.39, 0.29) is 19.4 Å². The maximum absolute atomic E-state index is 11.9. The van der Waals surface area contributed by atoms with Gasteiger partial charge in [0.2, 0.25) is 0 Å². The summed E-state index contributed by atoms with van der Waals surface area (Å²) >= 11 is 0. The molecule has 0 fully saturated rings. The lowest BCUT2D eigenvalue weighted by atomic mass is 10.2. The van der Waals surface area contributed by atoms with E-state index >= 15 is 0 Å². The normalized spacial score (nSPS) is 12.6. The molecule has 1 aromatic rings. The van der Waals surface area contributed by atoms with E-state index in [9.17, 15) is 26.4 Å². The number of unbranched alkanes of at least 4 members (excludes halogenated alkanes) is 1. The van der Waals surface area contributed by atoms with Crippen molar-refractivity contribution in [2.24, 2.45) is 0 Å². The quantitative estimate of drug-likeness (QED) is 0.653. The number of sulfonamides is 1. The van der Waals surface area contributed by atoms with Gasteiger partial charge in [-0.2, -0.15) is 18.3 Å². The summed E-state index contributed by atoms with van der Waals surface area (Å²) in [6, 6.07) is 0. The van der Waals surface area contributed by atoms with Crippen LogP contribution in [0.15, 0.2) is 11.2 Å². The summed E-state index contributed by atoms with van der Waals surface area (Å²) in [5.74, 6) is -1.48. The number of nitrogens with one attached hydrogen (secondary N) is 2. The zero-order valence-corrected chi connectivity index (χ0v) is 10.9. The predicted octanol–water partition coefficient (Wildman–Crippen LogP) is 1.12. The molecular weight excluding hydrogens is 303 g/mol. The smallest absolute Gasteiger partial charge is 0.389 e. The average Bonchev–Trinajstić information content (AvgIpc) is 2.76. The Morgan fingerprint density at radius 3 is 2.60 bits per heavy atom. The van der Waals surface area contributed by atoms with Crippen molar-refractivity contribution in [2.75, 3.05) is 6.54 Å². The SMILES string of the molecule is O=C(O)c1cn[nH]c1S(=O)(=O)NCCCCC(F)(F)F. The van der Waals surface area contributed by atoms with Crippen molar-refractivity contribution in [1.29, 1.82) is 0 Å². The number of aromatic nitrogens is 2. The van der Waals surface area contributed by atoms with Gasteiger partial charge in [-0.25, -0.2) is 17.9 Å². The average molecular weight is 315 g/mol. The molecule has 1 rings (SSSR count). The number of carbonyl (C=O) groups is 1. The number of alkyl halides is 3. The molecule has 7 nitrogen and oxygen atoms in total. The standard InChI is InChI=1S/C9H12F3N3O4S/c10-9(11,12)3-1-2-4-14-20(18,19)7-6(8(16)17)5-13-15-7/h5,14H,1-4H2,(H,13,15)(H,16,17). The number of halogens is 3. The molecular formula is C9H12F3N3O4S. The topological polar surface area (TPSA) is 112 Å². The van der Waals surface area contributed by atoms with Crippen LogP contribution in [0.2, 0.25) is 0 Å². The van der Waals surface area contributed by atoms with E-state index in [0.29, 0.717) is 0 Å². The fourth-order valence-electron chi connectivity index (χ4n) is 1.36. The Labute approximate surface area is 112 Å². The van der Waals surface area contributed by atoms with E-state index in [2.05, 4.69) is 5.10 Å². The van der Waals surface area contributed by atoms with Gasteiger partial charge >= 0.3 is 12.1 Å². The molecule has 0 aliphatic rings. The predicted molar refractivity (Wildman–Crippen MR) is 60.6 cm³/mol. The molecule has 0 bridgehead atoms. The third-order valence-electron chi connectivity index (χ3n) is 2.28. The minimum Gasteiger partial charge on any atom is -0.478 e. The van der Waals surface area contributed by atoms with E-state index in [0.717, 1.165) is 6.20 Å². The first-order chi connectivity index (χ1) is 9.13. The maximum atomic E-state index is 11.9. The third kappa shape index (κ3) is 4.81. The third-order valence-corrected chi connectivity index (χ3v) is 3.72. The molecule has 1 aromatic heterocycles. The molecule has 0 unspecified atom stereocenters. The largest absolute Gasteiger partial charge is 0.478 e. The first-order valence-corrected chi connectivity index (χ1v) is 6.95.